The SMILES string of the molecule is CC(C)(C)c1ccc(OCc2ccc(Cl)cc2)c([N+]#N)c1. The Bertz CT molecular complexity index is 667. The van der Waals surface area contributed by atoms with Crippen molar-refractivity contribution in [2.75, 3.05) is 0 Å². The van der Waals surface area contributed by atoms with Crippen LogP contribution in [0.4, 0.5) is 5.69 Å². The van der Waals surface area contributed by atoms with Gasteiger partial charge in [0.25, 0.3) is 0 Å². The molecule has 0 aliphatic heterocycles. The van der Waals surface area contributed by atoms with Gasteiger partial charge in [-0.1, -0.05) is 50.6 Å². The van der Waals surface area contributed by atoms with Crippen molar-refractivity contribution >= 4 is 17.3 Å². The molecule has 0 spiro atoms. The van der Waals surface area contributed by atoms with Crippen LogP contribution in [0.25, 0.3) is 4.98 Å². The summed E-state index contributed by atoms with van der Waals surface area (Å²) in [6, 6.07) is 13.1. The Labute approximate surface area is 130 Å². The second kappa shape index (κ2) is 6.15. The first-order valence-corrected chi connectivity index (χ1v) is 7.15. The van der Waals surface area contributed by atoms with E-state index in [-0.39, 0.29) is 5.41 Å². The van der Waals surface area contributed by atoms with Crippen LogP contribution in [0, 0.1) is 5.39 Å². The van der Waals surface area contributed by atoms with Gasteiger partial charge in [0.05, 0.1) is 0 Å². The van der Waals surface area contributed by atoms with E-state index in [0.29, 0.717) is 23.1 Å². The van der Waals surface area contributed by atoms with Crippen molar-refractivity contribution in [2.24, 2.45) is 0 Å². The van der Waals surface area contributed by atoms with Crippen LogP contribution in [0.5, 0.6) is 5.75 Å². The second-order valence-electron chi connectivity index (χ2n) is 5.95. The first kappa shape index (κ1) is 15.3. The first-order valence-electron chi connectivity index (χ1n) is 6.77. The number of rotatable bonds is 3. The molecule has 0 unspecified atom stereocenters. The molecule has 0 atom stereocenters. The van der Waals surface area contributed by atoms with Gasteiger partial charge in [0.1, 0.15) is 6.61 Å². The van der Waals surface area contributed by atoms with Gasteiger partial charge in [-0.25, -0.2) is 0 Å². The third-order valence-electron chi connectivity index (χ3n) is 3.24. The van der Waals surface area contributed by atoms with E-state index in [4.69, 9.17) is 21.7 Å². The van der Waals surface area contributed by atoms with Crippen LogP contribution in [0.15, 0.2) is 42.5 Å². The molecule has 2 rings (SSSR count). The predicted molar refractivity (Wildman–Crippen MR) is 85.7 cm³/mol. The van der Waals surface area contributed by atoms with Gasteiger partial charge in [0, 0.05) is 11.1 Å². The van der Waals surface area contributed by atoms with Crippen LogP contribution in [0.1, 0.15) is 31.9 Å². The van der Waals surface area contributed by atoms with Crippen LogP contribution in [0.2, 0.25) is 5.02 Å². The highest BCUT2D eigenvalue weighted by atomic mass is 35.5. The standard InChI is InChI=1S/C17H18ClN2O/c1-17(2,3)13-6-9-16(15(10-13)20-19)21-11-12-4-7-14(18)8-5-12/h4-10H,11H2,1-3H3/q+1. The normalized spacial score (nSPS) is 11.0. The molecule has 0 heterocycles. The third-order valence-corrected chi connectivity index (χ3v) is 3.49. The molecule has 0 aromatic heterocycles. The molecule has 108 valence electrons. The Morgan fingerprint density at radius 1 is 1.10 bits per heavy atom. The van der Waals surface area contributed by atoms with Crippen molar-refractivity contribution in [3.8, 4) is 5.75 Å². The molecule has 0 saturated heterocycles. The minimum Gasteiger partial charge on any atom is -0.481 e. The minimum atomic E-state index is -0.00580. The van der Waals surface area contributed by atoms with Crippen LogP contribution >= 0.6 is 11.6 Å². The van der Waals surface area contributed by atoms with Gasteiger partial charge in [0.15, 0.2) is 4.98 Å². The van der Waals surface area contributed by atoms with Gasteiger partial charge in [-0.05, 0) is 34.7 Å². The summed E-state index contributed by atoms with van der Waals surface area (Å²) in [6.07, 6.45) is 0. The molecular formula is C17H18ClN2O+. The molecular weight excluding hydrogens is 284 g/mol. The molecule has 3 nitrogen and oxygen atoms in total. The predicted octanol–water partition coefficient (Wildman–Crippen LogP) is 5.70. The number of diazo groups is 1. The largest absolute Gasteiger partial charge is 0.481 e. The number of ether oxygens (including phenoxy) is 1. The Hall–Kier alpha value is -2.05. The van der Waals surface area contributed by atoms with E-state index in [1.54, 1.807) is 0 Å². The van der Waals surface area contributed by atoms with Gasteiger partial charge < -0.3 is 4.74 Å². The average Bonchev–Trinajstić information content (AvgIpc) is 2.45. The molecule has 4 heteroatoms. The molecule has 0 aliphatic rings. The Morgan fingerprint density at radius 3 is 2.33 bits per heavy atom. The molecule has 0 saturated carbocycles. The van der Waals surface area contributed by atoms with Gasteiger partial charge >= 0.3 is 5.69 Å². The molecule has 21 heavy (non-hydrogen) atoms. The monoisotopic (exact) mass is 301 g/mol. The van der Waals surface area contributed by atoms with Crippen molar-refractivity contribution < 1.29 is 4.74 Å². The zero-order chi connectivity index (χ0) is 15.5. The van der Waals surface area contributed by atoms with E-state index in [0.717, 1.165) is 11.1 Å². The van der Waals surface area contributed by atoms with Crippen LogP contribution in [-0.2, 0) is 12.0 Å². The smallest absolute Gasteiger partial charge is 0.426 e. The fourth-order valence-electron chi connectivity index (χ4n) is 1.93. The van der Waals surface area contributed by atoms with E-state index >= 15 is 0 Å². The summed E-state index contributed by atoms with van der Waals surface area (Å²) in [5.41, 5.74) is 2.53. The zero-order valence-corrected chi connectivity index (χ0v) is 13.2. The number of benzene rings is 2. The van der Waals surface area contributed by atoms with Crippen molar-refractivity contribution in [1.82, 2.24) is 0 Å². The van der Waals surface area contributed by atoms with Crippen molar-refractivity contribution in [2.45, 2.75) is 32.8 Å². The van der Waals surface area contributed by atoms with Gasteiger partial charge in [-0.2, -0.15) is 0 Å². The zero-order valence-electron chi connectivity index (χ0n) is 12.4. The van der Waals surface area contributed by atoms with Crippen molar-refractivity contribution in [3.05, 3.63) is 63.6 Å². The Balaban J connectivity index is 2.17. The first-order chi connectivity index (χ1) is 9.90. The summed E-state index contributed by atoms with van der Waals surface area (Å²) in [4.78, 5) is 3.32. The highest BCUT2D eigenvalue weighted by Crippen LogP contribution is 2.33. The minimum absolute atomic E-state index is 0.00580. The van der Waals surface area contributed by atoms with Crippen molar-refractivity contribution in [3.63, 3.8) is 0 Å². The maximum Gasteiger partial charge on any atom is 0.426 e. The molecule has 0 amide bonds. The molecule has 2 aromatic rings. The fourth-order valence-corrected chi connectivity index (χ4v) is 2.05. The lowest BCUT2D eigenvalue weighted by Crippen LogP contribution is -2.10. The lowest BCUT2D eigenvalue weighted by Gasteiger charge is -2.18. The number of halogens is 1. The molecule has 0 radical (unpaired) electrons. The molecule has 0 N–H and O–H groups in total. The molecule has 2 aromatic carbocycles. The molecule has 0 bridgehead atoms. The summed E-state index contributed by atoms with van der Waals surface area (Å²) in [5, 5.41) is 9.86. The van der Waals surface area contributed by atoms with E-state index in [1.165, 1.54) is 0 Å². The van der Waals surface area contributed by atoms with Crippen molar-refractivity contribution in [1.29, 1.82) is 5.39 Å². The lowest BCUT2D eigenvalue weighted by molar-refractivity contribution is 0.308. The van der Waals surface area contributed by atoms with Gasteiger partial charge in [-0.3, -0.25) is 0 Å². The van der Waals surface area contributed by atoms with Gasteiger partial charge in [-0.15, -0.1) is 0 Å². The fraction of sp³-hybridized carbons (Fsp3) is 0.294. The lowest BCUT2D eigenvalue weighted by atomic mass is 9.87. The number of hydrogen-bond acceptors (Lipinski definition) is 2. The van der Waals surface area contributed by atoms with Crippen LogP contribution < -0.4 is 4.74 Å². The topological polar surface area (TPSA) is 37.4 Å². The summed E-state index contributed by atoms with van der Waals surface area (Å²) < 4.78 is 5.72. The third kappa shape index (κ3) is 3.96. The summed E-state index contributed by atoms with van der Waals surface area (Å²) in [6.45, 7) is 6.72. The van der Waals surface area contributed by atoms with Crippen LogP contribution in [-0.4, -0.2) is 0 Å². The summed E-state index contributed by atoms with van der Waals surface area (Å²) in [5.74, 6) is 0.556. The Morgan fingerprint density at radius 2 is 1.76 bits per heavy atom. The van der Waals surface area contributed by atoms with E-state index in [2.05, 4.69) is 25.7 Å². The highest BCUT2D eigenvalue weighted by Gasteiger charge is 2.22. The summed E-state index contributed by atoms with van der Waals surface area (Å²) >= 11 is 5.85. The van der Waals surface area contributed by atoms with Gasteiger partial charge in [0.2, 0.25) is 11.1 Å². The average molecular weight is 302 g/mol. The van der Waals surface area contributed by atoms with Crippen LogP contribution in [0.3, 0.4) is 0 Å². The summed E-state index contributed by atoms with van der Waals surface area (Å²) in [7, 11) is 0. The van der Waals surface area contributed by atoms with E-state index < -0.39 is 0 Å². The molecule has 0 aliphatic carbocycles. The maximum absolute atomic E-state index is 9.17. The number of hydrogen-bond donors (Lipinski definition) is 0. The Kier molecular flexibility index (Phi) is 4.50. The van der Waals surface area contributed by atoms with E-state index in [1.807, 2.05) is 42.5 Å². The quantitative estimate of drug-likeness (QED) is 0.682. The molecule has 0 fully saturated rings. The maximum atomic E-state index is 9.17. The number of nitrogens with zero attached hydrogens (tertiary/aromatic N) is 2. The second-order valence-corrected chi connectivity index (χ2v) is 6.38. The van der Waals surface area contributed by atoms with E-state index in [9.17, 15) is 0 Å². The highest BCUT2D eigenvalue weighted by molar-refractivity contribution is 6.30.